The molecule has 0 aromatic heterocycles. The molecule has 0 aliphatic carbocycles. The summed E-state index contributed by atoms with van der Waals surface area (Å²) in [5.74, 6) is -0.288. The summed E-state index contributed by atoms with van der Waals surface area (Å²) in [4.78, 5) is 12.5. The molecular formula is C18H21NO3S. The normalized spacial score (nSPS) is 12.7. The van der Waals surface area contributed by atoms with E-state index in [0.29, 0.717) is 5.56 Å². The van der Waals surface area contributed by atoms with Crippen molar-refractivity contribution >= 4 is 15.7 Å². The van der Waals surface area contributed by atoms with Gasteiger partial charge in [-0.2, -0.15) is 0 Å². The maximum Gasteiger partial charge on any atom is 0.251 e. The third-order valence-electron chi connectivity index (χ3n) is 3.77. The van der Waals surface area contributed by atoms with E-state index in [1.165, 1.54) is 12.1 Å². The van der Waals surface area contributed by atoms with Gasteiger partial charge in [0.1, 0.15) is 0 Å². The fraction of sp³-hybridized carbons (Fsp3) is 0.278. The molecule has 5 heteroatoms. The summed E-state index contributed by atoms with van der Waals surface area (Å²) >= 11 is 0. The Labute approximate surface area is 137 Å². The maximum atomic E-state index is 12.4. The van der Waals surface area contributed by atoms with Gasteiger partial charge in [0.15, 0.2) is 9.84 Å². The number of rotatable bonds is 4. The summed E-state index contributed by atoms with van der Waals surface area (Å²) in [6.45, 7) is 5.93. The van der Waals surface area contributed by atoms with Crippen LogP contribution in [0.5, 0.6) is 0 Å². The molecule has 1 unspecified atom stereocenters. The number of benzene rings is 2. The zero-order valence-corrected chi connectivity index (χ0v) is 14.6. The summed E-state index contributed by atoms with van der Waals surface area (Å²) < 4.78 is 23.2. The van der Waals surface area contributed by atoms with E-state index < -0.39 is 9.84 Å². The van der Waals surface area contributed by atoms with E-state index in [-0.39, 0.29) is 16.8 Å². The fourth-order valence-electron chi connectivity index (χ4n) is 2.45. The minimum atomic E-state index is -3.33. The summed E-state index contributed by atoms with van der Waals surface area (Å²) in [5.41, 5.74) is 3.63. The summed E-state index contributed by atoms with van der Waals surface area (Å²) in [5, 5.41) is 2.93. The molecule has 0 heterocycles. The number of carbonyl (C=O) groups is 1. The van der Waals surface area contributed by atoms with Crippen LogP contribution < -0.4 is 5.32 Å². The van der Waals surface area contributed by atoms with Crippen molar-refractivity contribution in [2.75, 3.05) is 6.26 Å². The van der Waals surface area contributed by atoms with Crippen LogP contribution in [0, 0.1) is 13.8 Å². The van der Waals surface area contributed by atoms with E-state index in [2.05, 4.69) is 5.32 Å². The Morgan fingerprint density at radius 1 is 1.09 bits per heavy atom. The summed E-state index contributed by atoms with van der Waals surface area (Å²) in [6, 6.07) is 12.0. The van der Waals surface area contributed by atoms with Crippen molar-refractivity contribution in [1.29, 1.82) is 0 Å². The van der Waals surface area contributed by atoms with Gasteiger partial charge in [0.2, 0.25) is 0 Å². The quantitative estimate of drug-likeness (QED) is 0.936. The van der Waals surface area contributed by atoms with Crippen LogP contribution in [0.25, 0.3) is 0 Å². The number of hydrogen-bond donors (Lipinski definition) is 1. The Morgan fingerprint density at radius 2 is 1.78 bits per heavy atom. The van der Waals surface area contributed by atoms with Crippen molar-refractivity contribution < 1.29 is 13.2 Å². The topological polar surface area (TPSA) is 63.2 Å². The molecule has 2 aromatic rings. The van der Waals surface area contributed by atoms with Gasteiger partial charge in [-0.25, -0.2) is 8.42 Å². The lowest BCUT2D eigenvalue weighted by Crippen LogP contribution is -2.27. The number of carbonyl (C=O) groups excluding carboxylic acids is 1. The van der Waals surface area contributed by atoms with Crippen molar-refractivity contribution in [3.8, 4) is 0 Å². The predicted molar refractivity (Wildman–Crippen MR) is 91.3 cm³/mol. The molecule has 23 heavy (non-hydrogen) atoms. The lowest BCUT2D eigenvalue weighted by molar-refractivity contribution is 0.0939. The summed E-state index contributed by atoms with van der Waals surface area (Å²) in [6.07, 6.45) is 1.13. The average molecular weight is 331 g/mol. The monoisotopic (exact) mass is 331 g/mol. The van der Waals surface area contributed by atoms with Crippen molar-refractivity contribution in [2.24, 2.45) is 0 Å². The molecule has 0 saturated carbocycles. The smallest absolute Gasteiger partial charge is 0.251 e. The van der Waals surface area contributed by atoms with E-state index >= 15 is 0 Å². The first-order chi connectivity index (χ1) is 10.7. The average Bonchev–Trinajstić information content (AvgIpc) is 2.48. The fourth-order valence-corrected chi connectivity index (χ4v) is 3.12. The van der Waals surface area contributed by atoms with E-state index in [1.807, 2.05) is 39.0 Å². The van der Waals surface area contributed by atoms with Crippen LogP contribution in [0.2, 0.25) is 0 Å². The highest BCUT2D eigenvalue weighted by molar-refractivity contribution is 7.90. The summed E-state index contributed by atoms with van der Waals surface area (Å²) in [7, 11) is -3.33. The second kappa shape index (κ2) is 6.54. The molecule has 1 amide bonds. The lowest BCUT2D eigenvalue weighted by atomic mass is 10.00. The van der Waals surface area contributed by atoms with Gasteiger partial charge in [-0.1, -0.05) is 29.8 Å². The maximum absolute atomic E-state index is 12.4. The van der Waals surface area contributed by atoms with Crippen molar-refractivity contribution in [3.63, 3.8) is 0 Å². The molecule has 2 rings (SSSR count). The minimum Gasteiger partial charge on any atom is -0.346 e. The van der Waals surface area contributed by atoms with Gasteiger partial charge in [0.05, 0.1) is 10.9 Å². The van der Waals surface area contributed by atoms with Crippen molar-refractivity contribution in [3.05, 3.63) is 64.7 Å². The number of aryl methyl sites for hydroxylation is 2. The first-order valence-corrected chi connectivity index (χ1v) is 9.26. The van der Waals surface area contributed by atoms with E-state index in [9.17, 15) is 13.2 Å². The van der Waals surface area contributed by atoms with Gasteiger partial charge in [-0.05, 0) is 50.1 Å². The van der Waals surface area contributed by atoms with Crippen molar-refractivity contribution in [2.45, 2.75) is 31.7 Å². The molecule has 0 saturated heterocycles. The highest BCUT2D eigenvalue weighted by Gasteiger charge is 2.15. The van der Waals surface area contributed by atoms with Crippen LogP contribution in [-0.2, 0) is 9.84 Å². The molecule has 0 fully saturated rings. The van der Waals surface area contributed by atoms with Crippen LogP contribution >= 0.6 is 0 Å². The van der Waals surface area contributed by atoms with Gasteiger partial charge in [-0.3, -0.25) is 4.79 Å². The van der Waals surface area contributed by atoms with Gasteiger partial charge in [-0.15, -0.1) is 0 Å². The second-order valence-electron chi connectivity index (χ2n) is 5.86. The third kappa shape index (κ3) is 4.20. The Balaban J connectivity index is 2.24. The van der Waals surface area contributed by atoms with Gasteiger partial charge < -0.3 is 5.32 Å². The molecule has 0 aliphatic rings. The molecular weight excluding hydrogens is 310 g/mol. The zero-order chi connectivity index (χ0) is 17.2. The van der Waals surface area contributed by atoms with Crippen LogP contribution in [0.3, 0.4) is 0 Å². The molecule has 0 bridgehead atoms. The number of sulfone groups is 1. The van der Waals surface area contributed by atoms with Crippen LogP contribution in [-0.4, -0.2) is 20.6 Å². The molecule has 122 valence electrons. The van der Waals surface area contributed by atoms with Crippen LogP contribution in [0.4, 0.5) is 0 Å². The Kier molecular flexibility index (Phi) is 4.90. The Hall–Kier alpha value is -2.14. The SMILES string of the molecule is Cc1ccc(C)c(C(C)NC(=O)c2cccc(S(C)(=O)=O)c2)c1. The highest BCUT2D eigenvalue weighted by atomic mass is 32.2. The number of amides is 1. The molecule has 2 aromatic carbocycles. The van der Waals surface area contributed by atoms with E-state index in [4.69, 9.17) is 0 Å². The largest absolute Gasteiger partial charge is 0.346 e. The predicted octanol–water partition coefficient (Wildman–Crippen LogP) is 3.20. The van der Waals surface area contributed by atoms with Gasteiger partial charge in [0.25, 0.3) is 5.91 Å². The van der Waals surface area contributed by atoms with E-state index in [1.54, 1.807) is 12.1 Å². The molecule has 0 radical (unpaired) electrons. The first kappa shape index (κ1) is 17.2. The molecule has 1 N–H and O–H groups in total. The Bertz CT molecular complexity index is 841. The molecule has 1 atom stereocenters. The van der Waals surface area contributed by atoms with E-state index in [0.717, 1.165) is 22.9 Å². The lowest BCUT2D eigenvalue weighted by Gasteiger charge is -2.17. The molecule has 0 aliphatic heterocycles. The first-order valence-electron chi connectivity index (χ1n) is 7.36. The van der Waals surface area contributed by atoms with Crippen LogP contribution in [0.1, 0.15) is 40.0 Å². The standard InChI is InChI=1S/C18H21NO3S/c1-12-8-9-13(2)17(10-12)14(3)19-18(20)15-6-5-7-16(11-15)23(4,21)22/h5-11,14H,1-4H3,(H,19,20). The Morgan fingerprint density at radius 3 is 2.43 bits per heavy atom. The van der Waals surface area contributed by atoms with Crippen molar-refractivity contribution in [1.82, 2.24) is 5.32 Å². The highest BCUT2D eigenvalue weighted by Crippen LogP contribution is 2.20. The van der Waals surface area contributed by atoms with Gasteiger partial charge in [0, 0.05) is 11.8 Å². The third-order valence-corrected chi connectivity index (χ3v) is 4.88. The molecule has 0 spiro atoms. The van der Waals surface area contributed by atoms with Gasteiger partial charge >= 0.3 is 0 Å². The minimum absolute atomic E-state index is 0.143. The zero-order valence-electron chi connectivity index (χ0n) is 13.8. The molecule has 4 nitrogen and oxygen atoms in total. The second-order valence-corrected chi connectivity index (χ2v) is 7.87. The number of nitrogens with one attached hydrogen (secondary N) is 1. The number of hydrogen-bond acceptors (Lipinski definition) is 3. The van der Waals surface area contributed by atoms with Crippen LogP contribution in [0.15, 0.2) is 47.4 Å².